The maximum atomic E-state index is 4.91. The molecule has 8 aliphatic rings. The fourth-order valence-electron chi connectivity index (χ4n) is 18.4. The van der Waals surface area contributed by atoms with Crippen molar-refractivity contribution in [2.75, 3.05) is 52.4 Å². The predicted molar refractivity (Wildman–Crippen MR) is 395 cm³/mol. The molecule has 0 N–H and O–H groups in total. The first-order valence-electron chi connectivity index (χ1n) is 37.6. The second kappa shape index (κ2) is 28.4. The van der Waals surface area contributed by atoms with Crippen molar-refractivity contribution < 1.29 is 0 Å². The molecule has 20 heteroatoms. The average Bonchev–Trinajstić information content (AvgIpc) is 1.61. The van der Waals surface area contributed by atoms with Gasteiger partial charge in [0.15, 0.2) is 22.6 Å². The van der Waals surface area contributed by atoms with Crippen LogP contribution in [0.2, 0.25) is 0 Å². The van der Waals surface area contributed by atoms with Gasteiger partial charge in [0.2, 0.25) is 0 Å². The summed E-state index contributed by atoms with van der Waals surface area (Å²) in [6, 6.07) is 21.0. The molecule has 0 saturated carbocycles. The molecule has 8 aliphatic heterocycles. The lowest BCUT2D eigenvalue weighted by Crippen LogP contribution is -2.31. The molecule has 20 heterocycles. The Labute approximate surface area is 591 Å². The van der Waals surface area contributed by atoms with Crippen molar-refractivity contribution >= 4 is 44.7 Å². The first kappa shape index (κ1) is 65.2. The summed E-state index contributed by atoms with van der Waals surface area (Å²) >= 11 is 0. The molecule has 4 fully saturated rings. The topological polar surface area (TPSA) is 187 Å². The third-order valence-electron chi connectivity index (χ3n) is 23.1. The molecule has 20 rings (SSSR count). The minimum absolute atomic E-state index is 0.540. The van der Waals surface area contributed by atoms with E-state index in [1.807, 2.05) is 109 Å². The van der Waals surface area contributed by atoms with Gasteiger partial charge >= 0.3 is 0 Å². The Kier molecular flexibility index (Phi) is 18.3. The normalized spacial score (nSPS) is 19.9. The Morgan fingerprint density at radius 3 is 1.08 bits per heavy atom. The third-order valence-corrected chi connectivity index (χ3v) is 23.1. The Morgan fingerprint density at radius 2 is 0.713 bits per heavy atom. The molecular formula is C81H94N20. The van der Waals surface area contributed by atoms with Gasteiger partial charge in [-0.1, -0.05) is 18.2 Å². The van der Waals surface area contributed by atoms with E-state index in [9.17, 15) is 0 Å². The van der Waals surface area contributed by atoms with E-state index in [-0.39, 0.29) is 0 Å². The van der Waals surface area contributed by atoms with E-state index in [0.29, 0.717) is 24.2 Å². The molecule has 0 spiro atoms. The molecule has 12 aromatic heterocycles. The van der Waals surface area contributed by atoms with E-state index in [1.54, 1.807) is 0 Å². The summed E-state index contributed by atoms with van der Waals surface area (Å²) in [5, 5.41) is 0. The lowest BCUT2D eigenvalue weighted by molar-refractivity contribution is 0.241. The maximum absolute atomic E-state index is 4.91. The van der Waals surface area contributed by atoms with Crippen molar-refractivity contribution in [1.82, 2.24) is 97.7 Å². The van der Waals surface area contributed by atoms with Crippen LogP contribution in [0.1, 0.15) is 171 Å². The van der Waals surface area contributed by atoms with Crippen LogP contribution in [0, 0.1) is 34.6 Å². The highest BCUT2D eigenvalue weighted by Crippen LogP contribution is 2.46. The van der Waals surface area contributed by atoms with Gasteiger partial charge in [-0.25, -0.2) is 39.9 Å². The zero-order valence-corrected chi connectivity index (χ0v) is 59.5. The number of rotatable bonds is 12. The molecule has 4 saturated heterocycles. The van der Waals surface area contributed by atoms with Crippen molar-refractivity contribution in [3.63, 3.8) is 0 Å². The quantitative estimate of drug-likeness (QED) is 0.112. The molecule has 518 valence electrons. The molecule has 12 aromatic rings. The van der Waals surface area contributed by atoms with E-state index in [0.717, 1.165) is 163 Å². The number of pyridine rings is 4. The highest BCUT2D eigenvalue weighted by molar-refractivity contribution is 5.82. The van der Waals surface area contributed by atoms with Gasteiger partial charge in [-0.2, -0.15) is 0 Å². The lowest BCUT2D eigenvalue weighted by atomic mass is 9.98. The molecule has 20 nitrogen and oxygen atoms in total. The Balaban J connectivity index is 0.000000100. The van der Waals surface area contributed by atoms with E-state index in [4.69, 9.17) is 39.9 Å². The fraction of sp³-hybridized carbons (Fsp3) is 0.457. The monoisotopic (exact) mass is 1350 g/mol. The Hall–Kier alpha value is -9.08. The van der Waals surface area contributed by atoms with E-state index in [2.05, 4.69) is 100 Å². The minimum atomic E-state index is 0.540. The van der Waals surface area contributed by atoms with E-state index >= 15 is 0 Å². The molecular weight excluding hydrogens is 1250 g/mol. The van der Waals surface area contributed by atoms with Crippen LogP contribution in [-0.2, 0) is 77.5 Å². The zero-order chi connectivity index (χ0) is 68.1. The molecule has 0 amide bonds. The third kappa shape index (κ3) is 12.8. The van der Waals surface area contributed by atoms with Crippen molar-refractivity contribution in [2.24, 2.45) is 0 Å². The molecule has 0 radical (unpaired) electrons. The highest BCUT2D eigenvalue weighted by atomic mass is 15.2. The van der Waals surface area contributed by atoms with Crippen molar-refractivity contribution in [2.45, 2.75) is 188 Å². The van der Waals surface area contributed by atoms with Crippen LogP contribution in [0.3, 0.4) is 0 Å². The fourth-order valence-corrected chi connectivity index (χ4v) is 18.4. The predicted octanol–water partition coefficient (Wildman–Crippen LogP) is 12.6. The zero-order valence-electron chi connectivity index (χ0n) is 59.5. The van der Waals surface area contributed by atoms with Gasteiger partial charge in [-0.05, 0) is 185 Å². The number of aromatic nitrogens is 16. The summed E-state index contributed by atoms with van der Waals surface area (Å²) in [6.07, 6.45) is 37.6. The largest absolute Gasteiger partial charge is 0.328 e. The number of hydrogen-bond donors (Lipinski definition) is 0. The van der Waals surface area contributed by atoms with Crippen LogP contribution in [0.25, 0.3) is 44.7 Å². The highest BCUT2D eigenvalue weighted by Gasteiger charge is 2.41. The molecule has 0 bridgehead atoms. The molecule has 4 atom stereocenters. The summed E-state index contributed by atoms with van der Waals surface area (Å²) in [7, 11) is 0. The summed E-state index contributed by atoms with van der Waals surface area (Å²) in [6.45, 7) is 23.6. The lowest BCUT2D eigenvalue weighted by Gasteiger charge is -2.30. The van der Waals surface area contributed by atoms with E-state index < -0.39 is 0 Å². The van der Waals surface area contributed by atoms with Crippen LogP contribution in [0.5, 0.6) is 0 Å². The average molecular weight is 1350 g/mol. The van der Waals surface area contributed by atoms with Crippen molar-refractivity contribution in [3.8, 4) is 0 Å². The summed E-state index contributed by atoms with van der Waals surface area (Å²) in [5.74, 6) is 0. The second-order valence-corrected chi connectivity index (χ2v) is 29.4. The SMILES string of the molecule is Cc1ccc(CCn2c3c(c4nc(C)cnc42)C2CCCN2CC3)cn1.Cc1cnc2c(n1)c1c(n2CCc2ccccn2)CCN2CCCC12.Cc1cnc2c(n1)c1c(n2CCc2cccnc2)CCN2CCCC12.Cc1cnc2c(n1)c1c(n2CCc2ccncc2)CCN2CCCC12. The summed E-state index contributed by atoms with van der Waals surface area (Å²) < 4.78 is 9.72. The maximum Gasteiger partial charge on any atom is 0.159 e. The van der Waals surface area contributed by atoms with Crippen LogP contribution < -0.4 is 0 Å². The summed E-state index contributed by atoms with van der Waals surface area (Å²) in [5.41, 5.74) is 30.6. The van der Waals surface area contributed by atoms with Gasteiger partial charge in [-0.3, -0.25) is 39.5 Å². The van der Waals surface area contributed by atoms with Crippen molar-refractivity contribution in [3.05, 3.63) is 212 Å². The number of aryl methyl sites for hydroxylation is 13. The molecule has 4 unspecified atom stereocenters. The van der Waals surface area contributed by atoms with Gasteiger partial charge in [0.25, 0.3) is 0 Å². The van der Waals surface area contributed by atoms with Crippen LogP contribution in [-0.4, -0.2) is 150 Å². The number of hydrogen-bond acceptors (Lipinski definition) is 16. The smallest absolute Gasteiger partial charge is 0.159 e. The Bertz CT molecular complexity index is 4580. The van der Waals surface area contributed by atoms with E-state index in [1.165, 1.54) is 159 Å². The van der Waals surface area contributed by atoms with Gasteiger partial charge in [0.1, 0.15) is 22.1 Å². The molecule has 0 aliphatic carbocycles. The molecule has 0 aromatic carbocycles. The number of fused-ring (bicyclic) bond motifs is 20. The first-order valence-corrected chi connectivity index (χ1v) is 37.6. The van der Waals surface area contributed by atoms with Crippen LogP contribution in [0.4, 0.5) is 0 Å². The van der Waals surface area contributed by atoms with Gasteiger partial charge < -0.3 is 18.3 Å². The standard InChI is InChI=1S/C21H25N5.3C20H23N5/c1-14-5-6-16(13-22-14)7-11-26-18-8-10-25-9-3-4-17(25)19(18)20-21(26)23-12-15(2)24-20;1-14-12-22-20-19(23-14)18-16-5-3-9-24(16)10-7-17(18)25(20)11-6-15-4-2-8-21-13-15;1-14-13-22-20-19(23-14)18-16-3-2-10-24(16)11-7-17(18)25(20)12-6-15-4-8-21-9-5-15;1-14-13-22-20-19(23-14)18-16-6-4-10-24(16)11-8-17(18)25(20)12-7-15-5-2-3-9-21-15/h5-6,12-13,17H,3-4,7-11H2,1-2H3;2,4,8,12-13,16H,3,5-7,9-11H2,1H3;4-5,8-9,13,16H,2-3,6-7,10-12H2,1H3;2-3,5,9,13,16H,4,6-8,10-12H2,1H3. The second-order valence-electron chi connectivity index (χ2n) is 29.4. The Morgan fingerprint density at radius 1 is 0.317 bits per heavy atom. The van der Waals surface area contributed by atoms with Crippen molar-refractivity contribution in [1.29, 1.82) is 0 Å². The summed E-state index contributed by atoms with van der Waals surface area (Å²) in [4.78, 5) is 66.6. The van der Waals surface area contributed by atoms with Crippen LogP contribution in [0.15, 0.2) is 117 Å². The number of nitrogens with zero attached hydrogens (tertiary/aromatic N) is 20. The van der Waals surface area contributed by atoms with Gasteiger partial charge in [0.05, 0.1) is 47.6 Å². The minimum Gasteiger partial charge on any atom is -0.328 e. The van der Waals surface area contributed by atoms with Gasteiger partial charge in [-0.15, -0.1) is 0 Å². The molecule has 101 heavy (non-hydrogen) atoms. The van der Waals surface area contributed by atoms with Crippen LogP contribution >= 0.6 is 0 Å². The first-order chi connectivity index (χ1) is 49.6. The van der Waals surface area contributed by atoms with Gasteiger partial charge in [0, 0.05) is 202 Å².